The summed E-state index contributed by atoms with van der Waals surface area (Å²) in [4.78, 5) is 22.1. The molecule has 21 heavy (non-hydrogen) atoms. The van der Waals surface area contributed by atoms with Gasteiger partial charge < -0.3 is 0 Å². The predicted octanol–water partition coefficient (Wildman–Crippen LogP) is 3.53. The van der Waals surface area contributed by atoms with Gasteiger partial charge in [0.25, 0.3) is 5.69 Å². The molecule has 0 bridgehead atoms. The van der Waals surface area contributed by atoms with Crippen molar-refractivity contribution in [3.8, 4) is 0 Å². The Labute approximate surface area is 129 Å². The van der Waals surface area contributed by atoms with Gasteiger partial charge in [-0.25, -0.2) is 0 Å². The Hall–Kier alpha value is -2.18. The standard InChI is InChI=1S/C13H9Cl2N3O3/c1-17-7-11(15)13(16-17)12(19)5-2-8-6-9(18(20)21)3-4-10(8)14/h2-7H,1H3/b5-2+. The van der Waals surface area contributed by atoms with Crippen molar-refractivity contribution in [2.45, 2.75) is 0 Å². The molecule has 0 spiro atoms. The van der Waals surface area contributed by atoms with Gasteiger partial charge in [0.15, 0.2) is 5.69 Å². The summed E-state index contributed by atoms with van der Waals surface area (Å²) in [5, 5.41) is 15.2. The summed E-state index contributed by atoms with van der Waals surface area (Å²) in [5.41, 5.74) is 0.366. The zero-order valence-corrected chi connectivity index (χ0v) is 12.3. The Morgan fingerprint density at radius 2 is 2.10 bits per heavy atom. The predicted molar refractivity (Wildman–Crippen MR) is 79.7 cm³/mol. The van der Waals surface area contributed by atoms with E-state index in [1.807, 2.05) is 0 Å². The Morgan fingerprint density at radius 3 is 2.67 bits per heavy atom. The zero-order chi connectivity index (χ0) is 15.6. The highest BCUT2D eigenvalue weighted by Crippen LogP contribution is 2.23. The Kier molecular flexibility index (Phi) is 4.40. The molecule has 2 rings (SSSR count). The molecule has 0 saturated carbocycles. The summed E-state index contributed by atoms with van der Waals surface area (Å²) in [5.74, 6) is -0.414. The number of carbonyl (C=O) groups is 1. The number of aromatic nitrogens is 2. The SMILES string of the molecule is Cn1cc(Cl)c(C(=O)/C=C/c2cc([N+](=O)[O-])ccc2Cl)n1. The van der Waals surface area contributed by atoms with Gasteiger partial charge in [0.2, 0.25) is 5.78 Å². The summed E-state index contributed by atoms with van der Waals surface area (Å²) in [7, 11) is 1.64. The van der Waals surface area contributed by atoms with Gasteiger partial charge in [-0.3, -0.25) is 19.6 Å². The van der Waals surface area contributed by atoms with Crippen LogP contribution in [0.5, 0.6) is 0 Å². The van der Waals surface area contributed by atoms with E-state index in [1.165, 1.54) is 41.2 Å². The van der Waals surface area contributed by atoms with Crippen LogP contribution in [0.1, 0.15) is 16.1 Å². The normalized spacial score (nSPS) is 11.0. The number of carbonyl (C=O) groups excluding carboxylic acids is 1. The van der Waals surface area contributed by atoms with Gasteiger partial charge >= 0.3 is 0 Å². The molecule has 0 atom stereocenters. The highest BCUT2D eigenvalue weighted by atomic mass is 35.5. The van der Waals surface area contributed by atoms with Crippen LogP contribution in [0.15, 0.2) is 30.5 Å². The molecule has 6 nitrogen and oxygen atoms in total. The fraction of sp³-hybridized carbons (Fsp3) is 0.0769. The number of halogens is 2. The molecule has 1 aromatic heterocycles. The molecule has 1 aromatic carbocycles. The molecular weight excluding hydrogens is 317 g/mol. The third-order valence-electron chi connectivity index (χ3n) is 2.62. The summed E-state index contributed by atoms with van der Waals surface area (Å²) >= 11 is 11.8. The van der Waals surface area contributed by atoms with Gasteiger partial charge in [0.05, 0.1) is 9.95 Å². The average Bonchev–Trinajstić information content (AvgIpc) is 2.76. The third-order valence-corrected chi connectivity index (χ3v) is 3.24. The number of nitrogens with zero attached hydrogens (tertiary/aromatic N) is 3. The molecular formula is C13H9Cl2N3O3. The van der Waals surface area contributed by atoms with Crippen LogP contribution in [0.2, 0.25) is 10.0 Å². The number of allylic oxidation sites excluding steroid dienone is 1. The van der Waals surface area contributed by atoms with E-state index in [4.69, 9.17) is 23.2 Å². The monoisotopic (exact) mass is 325 g/mol. The molecule has 108 valence electrons. The van der Waals surface area contributed by atoms with E-state index < -0.39 is 10.7 Å². The first-order valence-corrected chi connectivity index (χ1v) is 6.49. The smallest absolute Gasteiger partial charge is 0.270 e. The zero-order valence-electron chi connectivity index (χ0n) is 10.8. The molecule has 0 aliphatic carbocycles. The molecule has 0 N–H and O–H groups in total. The van der Waals surface area contributed by atoms with Crippen molar-refractivity contribution in [3.63, 3.8) is 0 Å². The Bertz CT molecular complexity index is 753. The van der Waals surface area contributed by atoms with Crippen LogP contribution in [0.25, 0.3) is 6.08 Å². The van der Waals surface area contributed by atoms with Crippen molar-refractivity contribution in [2.24, 2.45) is 7.05 Å². The summed E-state index contributed by atoms with van der Waals surface area (Å²) in [6, 6.07) is 3.97. The number of non-ortho nitro benzene ring substituents is 1. The largest absolute Gasteiger partial charge is 0.287 e. The number of hydrogen-bond donors (Lipinski definition) is 0. The van der Waals surface area contributed by atoms with Gasteiger partial charge in [0.1, 0.15) is 0 Å². The fourth-order valence-corrected chi connectivity index (χ4v) is 2.10. The lowest BCUT2D eigenvalue weighted by atomic mass is 10.1. The topological polar surface area (TPSA) is 78.0 Å². The van der Waals surface area contributed by atoms with E-state index in [1.54, 1.807) is 7.05 Å². The first kappa shape index (κ1) is 15.2. The van der Waals surface area contributed by atoms with Crippen LogP contribution >= 0.6 is 23.2 Å². The van der Waals surface area contributed by atoms with Crippen molar-refractivity contribution < 1.29 is 9.72 Å². The number of rotatable bonds is 4. The van der Waals surface area contributed by atoms with Gasteiger partial charge in [-0.05, 0) is 23.8 Å². The Balaban J connectivity index is 2.29. The minimum absolute atomic E-state index is 0.108. The maximum Gasteiger partial charge on any atom is 0.270 e. The molecule has 0 unspecified atom stereocenters. The highest BCUT2D eigenvalue weighted by molar-refractivity contribution is 6.34. The van der Waals surface area contributed by atoms with E-state index in [0.29, 0.717) is 10.6 Å². The molecule has 0 radical (unpaired) electrons. The van der Waals surface area contributed by atoms with Crippen molar-refractivity contribution >= 4 is 40.7 Å². The van der Waals surface area contributed by atoms with Gasteiger partial charge in [-0.15, -0.1) is 0 Å². The van der Waals surface area contributed by atoms with Crippen LogP contribution in [0.4, 0.5) is 5.69 Å². The number of nitro benzene ring substituents is 1. The highest BCUT2D eigenvalue weighted by Gasteiger charge is 2.13. The number of nitro groups is 1. The second-order valence-corrected chi connectivity index (χ2v) is 4.97. The van der Waals surface area contributed by atoms with Gasteiger partial charge in [-0.1, -0.05) is 23.2 Å². The maximum atomic E-state index is 12.0. The van der Waals surface area contributed by atoms with Crippen LogP contribution in [-0.4, -0.2) is 20.5 Å². The maximum absolute atomic E-state index is 12.0. The molecule has 0 fully saturated rings. The van der Waals surface area contributed by atoms with Crippen LogP contribution < -0.4 is 0 Å². The van der Waals surface area contributed by atoms with E-state index in [-0.39, 0.29) is 16.4 Å². The molecule has 0 saturated heterocycles. The average molecular weight is 326 g/mol. The molecule has 0 aliphatic heterocycles. The summed E-state index contributed by atoms with van der Waals surface area (Å²) in [6.07, 6.45) is 4.12. The van der Waals surface area contributed by atoms with E-state index in [0.717, 1.165) is 0 Å². The molecule has 0 aliphatic rings. The molecule has 2 aromatic rings. The fourth-order valence-electron chi connectivity index (χ4n) is 1.64. The lowest BCUT2D eigenvalue weighted by Crippen LogP contribution is -1.98. The van der Waals surface area contributed by atoms with Crippen molar-refractivity contribution in [2.75, 3.05) is 0 Å². The molecule has 0 amide bonds. The van der Waals surface area contributed by atoms with Gasteiger partial charge in [-0.2, -0.15) is 5.10 Å². The summed E-state index contributed by atoms with van der Waals surface area (Å²) < 4.78 is 1.42. The van der Waals surface area contributed by atoms with Crippen LogP contribution in [0.3, 0.4) is 0 Å². The van der Waals surface area contributed by atoms with Crippen molar-refractivity contribution in [1.29, 1.82) is 0 Å². The number of ketones is 1. The van der Waals surface area contributed by atoms with Crippen LogP contribution in [0, 0.1) is 10.1 Å². The first-order valence-electron chi connectivity index (χ1n) is 5.74. The van der Waals surface area contributed by atoms with Crippen molar-refractivity contribution in [1.82, 2.24) is 9.78 Å². The summed E-state index contributed by atoms with van der Waals surface area (Å²) in [6.45, 7) is 0. The van der Waals surface area contributed by atoms with E-state index in [9.17, 15) is 14.9 Å². The second-order valence-electron chi connectivity index (χ2n) is 4.16. The number of hydrogen-bond acceptors (Lipinski definition) is 4. The third kappa shape index (κ3) is 3.48. The number of benzene rings is 1. The minimum atomic E-state index is -0.537. The quantitative estimate of drug-likeness (QED) is 0.373. The molecule has 1 heterocycles. The lowest BCUT2D eigenvalue weighted by Gasteiger charge is -1.98. The lowest BCUT2D eigenvalue weighted by molar-refractivity contribution is -0.384. The van der Waals surface area contributed by atoms with Crippen LogP contribution in [-0.2, 0) is 7.05 Å². The van der Waals surface area contributed by atoms with E-state index >= 15 is 0 Å². The molecule has 8 heteroatoms. The van der Waals surface area contributed by atoms with Gasteiger partial charge in [0, 0.05) is 30.4 Å². The minimum Gasteiger partial charge on any atom is -0.287 e. The Morgan fingerprint density at radius 1 is 1.38 bits per heavy atom. The number of aryl methyl sites for hydroxylation is 1. The first-order chi connectivity index (χ1) is 9.88. The van der Waals surface area contributed by atoms with E-state index in [2.05, 4.69) is 5.10 Å². The van der Waals surface area contributed by atoms with Crippen molar-refractivity contribution in [3.05, 3.63) is 61.9 Å². The second kappa shape index (κ2) is 6.07.